The molecule has 1 fully saturated rings. The second-order valence-electron chi connectivity index (χ2n) is 31.7. The number of carbonyl (C=O) groups is 1. The van der Waals surface area contributed by atoms with Crippen molar-refractivity contribution in [2.24, 2.45) is 81.8 Å². The molecule has 1 saturated heterocycles. The fraction of sp³-hybridized carbons (Fsp3) is 0.160. The molecule has 1 amide bonds. The summed E-state index contributed by atoms with van der Waals surface area (Å²) in [6.07, 6.45) is 0.264. The Balaban J connectivity index is 0.751. The molecule has 0 radical (unpaired) electrons. The molecule has 2 aromatic heterocycles. The third kappa shape index (κ3) is 29.4. The lowest BCUT2D eigenvalue weighted by molar-refractivity contribution is -0.114. The molecule has 15 rings (SSSR count). The van der Waals surface area contributed by atoms with Gasteiger partial charge in [0.05, 0.1) is 113 Å². The van der Waals surface area contributed by atoms with E-state index in [-0.39, 0.29) is 172 Å². The topological polar surface area (TPSA) is 625 Å². The molecule has 0 saturated carbocycles. The van der Waals surface area contributed by atoms with Crippen LogP contribution in [-0.2, 0) is 68.2 Å². The van der Waals surface area contributed by atoms with Gasteiger partial charge in [0.2, 0.25) is 29.7 Å². The van der Waals surface area contributed by atoms with Crippen molar-refractivity contribution in [3.8, 4) is 11.5 Å². The molecule has 8 N–H and O–H groups in total. The number of rotatable bonds is 39. The van der Waals surface area contributed by atoms with Crippen LogP contribution in [0.3, 0.4) is 0 Å². The van der Waals surface area contributed by atoms with Crippen molar-refractivity contribution in [1.82, 2.24) is 29.9 Å². The molecule has 0 spiro atoms. The molecule has 740 valence electrons. The molecule has 0 bridgehead atoms. The summed E-state index contributed by atoms with van der Waals surface area (Å²) >= 11 is 7.05. The predicted octanol–water partition coefficient (Wildman–Crippen LogP) is 24.0. The first-order valence-corrected chi connectivity index (χ1v) is 51.4. The zero-order valence-corrected chi connectivity index (χ0v) is 81.6. The number of aromatic nitrogens is 6. The number of carbonyl (C=O) groups excluding carboxylic acids is 1. The van der Waals surface area contributed by atoms with E-state index in [1.54, 1.807) is 159 Å². The lowest BCUT2D eigenvalue weighted by Crippen LogP contribution is -2.48. The molecule has 12 aromatic carbocycles. The molecule has 45 nitrogen and oxygen atoms in total. The summed E-state index contributed by atoms with van der Waals surface area (Å²) in [7, 11) is -23.1. The van der Waals surface area contributed by atoms with Crippen LogP contribution in [0, 0.1) is 13.8 Å². The van der Waals surface area contributed by atoms with Gasteiger partial charge in [-0.25, -0.2) is 4.98 Å². The number of ether oxygens (including phenoxy) is 2. The number of piperazine rings is 1. The summed E-state index contributed by atoms with van der Waals surface area (Å²) in [5.41, 5.74) is 7.06. The van der Waals surface area contributed by atoms with Gasteiger partial charge in [0.1, 0.15) is 55.7 Å². The van der Waals surface area contributed by atoms with Crippen LogP contribution < -0.4 is 35.2 Å². The van der Waals surface area contributed by atoms with Crippen molar-refractivity contribution in [2.75, 3.05) is 70.9 Å². The molecular weight excluding hydrogens is 1990 g/mol. The standard InChI is InChI=1S/C94H84ClN27O18S5/c1-5-45-139-86-56-81(119-118-80-40-32-73(54-88(80)145(136,137)138)114-106-64-15-10-7-11-16-64)76(95)55-84(86)98-92-102-91(97-71-30-38-78(59(3)49-71)115-111-67-22-18-65(19-23-67)107-109-69-26-33-74(34-27-69)142(127,128)129)103-94(104-92)122-43-41-121(42-44-122)93-100-89(50-61-17-37-77(58(2)48-61)116-117-79-39-31-72(53-87(79)144(133,134)135)113-105-63-13-8-6-9-14-63)99-90(101-93)52-62-51-82(96-60(4)123)83(57-85(62)140-46-12-47-141(124,125)126)120-112-68-24-20-66(21-25-68)108-110-70-28-35-75(36-29-70)143(130,131)132/h6-11,13-40,48-49,51,53-57H,5,12,41-47,50,52H2,1-4H3,(H,96,123)(H,124,125,126)(H,127,128,129)(H,130,131,132)(H,133,134,135)(H,136,137,138)(H2,97,98,102,103,104). The van der Waals surface area contributed by atoms with Gasteiger partial charge in [0.25, 0.3) is 50.6 Å². The second-order valence-corrected chi connectivity index (χ2v) is 39.3. The number of aryl methyl sites for hydroxylation is 2. The lowest BCUT2D eigenvalue weighted by atomic mass is 10.1. The molecule has 1 aliphatic heterocycles. The SMILES string of the molecule is CCCOc1cc(N=Nc2ccc(N=Nc3ccccc3)cc2S(=O)(=O)O)c(Cl)cc1Nc1nc(Nc2ccc(N=Nc3ccc(N=Nc4ccc(S(=O)(=O)O)cc4)cc3)c(C)c2)nc(N2CCN(c3nc(Cc4ccc(N=Nc5ccc(N=Nc6ccccc6)cc5S(=O)(=O)O)c(C)c4)nc(Cc4cc(NC(C)=O)c(N=Nc5ccc(N=Nc6ccc(S(=O)(=O)O)cc6)cc5)cc4OCCCS(=O)(=O)O)n3)CC2)n1. The Hall–Kier alpha value is -16.4. The van der Waals surface area contributed by atoms with Crippen LogP contribution in [-0.4, -0.2) is 146 Å². The van der Waals surface area contributed by atoms with Gasteiger partial charge in [-0.15, -0.1) is 20.5 Å². The first kappa shape index (κ1) is 103. The van der Waals surface area contributed by atoms with Gasteiger partial charge >= 0.3 is 0 Å². The van der Waals surface area contributed by atoms with Crippen molar-refractivity contribution in [3.63, 3.8) is 0 Å². The fourth-order valence-corrected chi connectivity index (χ4v) is 16.7. The van der Waals surface area contributed by atoms with Crippen molar-refractivity contribution in [3.05, 3.63) is 294 Å². The Morgan fingerprint density at radius 1 is 0.372 bits per heavy atom. The number of amides is 1. The highest BCUT2D eigenvalue weighted by Crippen LogP contribution is 2.43. The van der Waals surface area contributed by atoms with Crippen LogP contribution in [0.4, 0.5) is 132 Å². The van der Waals surface area contributed by atoms with Crippen LogP contribution in [0.2, 0.25) is 5.02 Å². The highest BCUT2D eigenvalue weighted by molar-refractivity contribution is 7.87. The van der Waals surface area contributed by atoms with Gasteiger partial charge in [-0.1, -0.05) is 67.1 Å². The average molecular weight is 2080 g/mol. The van der Waals surface area contributed by atoms with Crippen molar-refractivity contribution >= 4 is 200 Å². The normalized spacial score (nSPS) is 13.0. The number of hydrogen-bond acceptors (Lipinski definition) is 39. The number of nitrogens with zero attached hydrogens (tertiary/aromatic N) is 24. The molecule has 0 aliphatic carbocycles. The van der Waals surface area contributed by atoms with E-state index in [4.69, 9.17) is 51.0 Å². The summed E-state index contributed by atoms with van der Waals surface area (Å²) in [6, 6.07) is 64.9. The number of azo groups is 8. The summed E-state index contributed by atoms with van der Waals surface area (Å²) in [4.78, 5) is 45.2. The van der Waals surface area contributed by atoms with Crippen LogP contribution in [0.15, 0.2) is 356 Å². The van der Waals surface area contributed by atoms with Crippen LogP contribution in [0.25, 0.3) is 0 Å². The van der Waals surface area contributed by atoms with Crippen molar-refractivity contribution in [2.45, 2.75) is 73.0 Å². The lowest BCUT2D eigenvalue weighted by Gasteiger charge is -2.35. The second kappa shape index (κ2) is 46.1. The van der Waals surface area contributed by atoms with E-state index in [0.717, 1.165) is 12.1 Å². The zero-order valence-electron chi connectivity index (χ0n) is 76.7. The van der Waals surface area contributed by atoms with E-state index in [9.17, 15) is 69.6 Å². The number of nitrogens with one attached hydrogen (secondary N) is 3. The van der Waals surface area contributed by atoms with E-state index in [1.807, 2.05) is 23.6 Å². The Morgan fingerprint density at radius 2 is 0.766 bits per heavy atom. The van der Waals surface area contributed by atoms with Gasteiger partial charge in [-0.05, 0) is 238 Å². The largest absolute Gasteiger partial charge is 0.493 e. The third-order valence-electron chi connectivity index (χ3n) is 20.8. The van der Waals surface area contributed by atoms with Gasteiger partial charge in [0.15, 0.2) is 0 Å². The van der Waals surface area contributed by atoms with Crippen LogP contribution in [0.5, 0.6) is 11.5 Å². The monoisotopic (exact) mass is 2070 g/mol. The average Bonchev–Trinajstić information content (AvgIpc) is 0.788. The molecule has 0 unspecified atom stereocenters. The summed E-state index contributed by atoms with van der Waals surface area (Å²) in [6.45, 7) is 7.49. The van der Waals surface area contributed by atoms with Crippen molar-refractivity contribution < 1.29 is 79.1 Å². The minimum Gasteiger partial charge on any atom is -0.493 e. The van der Waals surface area contributed by atoms with Crippen LogP contribution >= 0.6 is 11.6 Å². The van der Waals surface area contributed by atoms with E-state index in [0.29, 0.717) is 85.5 Å². The van der Waals surface area contributed by atoms with E-state index in [2.05, 4.69) is 97.8 Å². The third-order valence-corrected chi connectivity index (χ3v) is 25.4. The van der Waals surface area contributed by atoms with Gasteiger partial charge in [-0.3, -0.25) is 27.6 Å². The molecule has 145 heavy (non-hydrogen) atoms. The maximum atomic E-state index is 13.2. The molecule has 3 heterocycles. The Labute approximate surface area is 834 Å². The summed E-state index contributed by atoms with van der Waals surface area (Å²) in [5, 5.41) is 77.8. The quantitative estimate of drug-likeness (QED) is 0.0101. The van der Waals surface area contributed by atoms with E-state index >= 15 is 0 Å². The molecule has 51 heteroatoms. The summed E-state index contributed by atoms with van der Waals surface area (Å²) in [5.74, 6) is -0.0675. The first-order chi connectivity index (χ1) is 69.4. The molecule has 0 atom stereocenters. The maximum Gasteiger partial charge on any atom is 0.296 e. The van der Waals surface area contributed by atoms with Gasteiger partial charge < -0.3 is 35.2 Å². The smallest absolute Gasteiger partial charge is 0.296 e. The Kier molecular flexibility index (Phi) is 32.7. The number of halogens is 1. The number of hydrogen-bond donors (Lipinski definition) is 8. The number of anilines is 7. The maximum absolute atomic E-state index is 13.2. The minimum absolute atomic E-state index is 0.00803. The first-order valence-electron chi connectivity index (χ1n) is 43.6. The highest BCUT2D eigenvalue weighted by Gasteiger charge is 2.28. The van der Waals surface area contributed by atoms with E-state index in [1.165, 1.54) is 97.9 Å². The Bertz CT molecular complexity index is 8070. The van der Waals surface area contributed by atoms with Crippen molar-refractivity contribution in [1.29, 1.82) is 0 Å². The summed E-state index contributed by atoms with van der Waals surface area (Å²) < 4.78 is 184. The van der Waals surface area contributed by atoms with E-state index < -0.39 is 72.0 Å². The minimum atomic E-state index is -4.92. The molecule has 1 aliphatic rings. The van der Waals surface area contributed by atoms with Crippen LogP contribution in [0.1, 0.15) is 60.6 Å². The highest BCUT2D eigenvalue weighted by atomic mass is 35.5. The predicted molar refractivity (Wildman–Crippen MR) is 537 cm³/mol. The van der Waals surface area contributed by atoms with Gasteiger partial charge in [-0.2, -0.15) is 128 Å². The number of benzene rings is 12. The molecular formula is C94H84ClN27O18S5. The molecule has 14 aromatic rings. The fourth-order valence-electron chi connectivity index (χ4n) is 13.7. The Morgan fingerprint density at radius 3 is 1.23 bits per heavy atom. The van der Waals surface area contributed by atoms with Gasteiger partial charge in [0, 0.05) is 69.3 Å². The zero-order chi connectivity index (χ0) is 103.